The normalized spacial score (nSPS) is 51.0. The minimum absolute atomic E-state index is 0.0379. The molecular formula is C32H46O11. The molecule has 240 valence electrons. The number of aliphatic hydroxyl groups is 4. The van der Waals surface area contributed by atoms with Gasteiger partial charge in [-0.05, 0) is 73.8 Å². The van der Waals surface area contributed by atoms with Crippen molar-refractivity contribution in [3.63, 3.8) is 0 Å². The van der Waals surface area contributed by atoms with Crippen LogP contribution in [-0.4, -0.2) is 100 Å². The Morgan fingerprint density at radius 1 is 1.07 bits per heavy atom. The van der Waals surface area contributed by atoms with E-state index in [1.807, 2.05) is 13.0 Å². The van der Waals surface area contributed by atoms with Gasteiger partial charge in [-0.1, -0.05) is 19.9 Å². The number of fused-ring (bicyclic) bond motifs is 5. The van der Waals surface area contributed by atoms with Gasteiger partial charge in [-0.25, -0.2) is 4.79 Å². The Labute approximate surface area is 252 Å². The van der Waals surface area contributed by atoms with E-state index in [-0.39, 0.29) is 30.8 Å². The standard InChI is InChI=1S/C32H46O11/c1-16-25(35)27(39-5)26(36)28(41-16)43-19-6-9-29(3)21(13-19)22(42-17(2)33)14-31(37)23(29)8-10-30(4)20(7-11-32(30,31)38)18-12-24(34)40-15-18/h12-13,16,19-20,22-23,25-28,35-38H,6-11,14-15H2,1-5H3/t16-,19+,20-,22+,23+,25+,26-,27+,28+,29+,30-,31+,32-/m1/s1. The summed E-state index contributed by atoms with van der Waals surface area (Å²) in [5.74, 6) is -1.27. The molecular weight excluding hydrogens is 560 g/mol. The molecule has 0 bridgehead atoms. The monoisotopic (exact) mass is 606 g/mol. The Balaban J connectivity index is 1.32. The second-order valence-electron chi connectivity index (χ2n) is 14.2. The largest absolute Gasteiger partial charge is 0.458 e. The summed E-state index contributed by atoms with van der Waals surface area (Å²) in [6.07, 6.45) is 0.937. The fourth-order valence-corrected chi connectivity index (χ4v) is 9.93. The van der Waals surface area contributed by atoms with E-state index in [4.69, 9.17) is 23.7 Å². The summed E-state index contributed by atoms with van der Waals surface area (Å²) in [7, 11) is 1.42. The number of aliphatic hydroxyl groups excluding tert-OH is 2. The van der Waals surface area contributed by atoms with Crippen molar-refractivity contribution in [2.45, 2.75) is 127 Å². The molecule has 13 atom stereocenters. The lowest BCUT2D eigenvalue weighted by Crippen LogP contribution is -2.73. The summed E-state index contributed by atoms with van der Waals surface area (Å²) in [5, 5.41) is 46.6. The van der Waals surface area contributed by atoms with Gasteiger partial charge < -0.3 is 44.1 Å². The third-order valence-corrected chi connectivity index (χ3v) is 12.1. The number of carbonyl (C=O) groups is 2. The molecule has 3 saturated carbocycles. The van der Waals surface area contributed by atoms with E-state index < -0.39 is 70.9 Å². The molecule has 0 aromatic carbocycles. The first-order valence-corrected chi connectivity index (χ1v) is 15.6. The number of rotatable bonds is 5. The third kappa shape index (κ3) is 4.48. The number of hydrogen-bond acceptors (Lipinski definition) is 11. The van der Waals surface area contributed by atoms with Gasteiger partial charge >= 0.3 is 11.9 Å². The number of carbonyl (C=O) groups excluding carboxylic acids is 2. The van der Waals surface area contributed by atoms with Crippen molar-refractivity contribution in [1.82, 2.24) is 0 Å². The van der Waals surface area contributed by atoms with Gasteiger partial charge in [0.1, 0.15) is 36.6 Å². The highest BCUT2D eigenvalue weighted by Gasteiger charge is 2.75. The minimum atomic E-state index is -1.54. The van der Waals surface area contributed by atoms with Crippen molar-refractivity contribution in [2.24, 2.45) is 22.7 Å². The zero-order valence-corrected chi connectivity index (χ0v) is 25.7. The molecule has 2 aliphatic heterocycles. The highest BCUT2D eigenvalue weighted by atomic mass is 16.7. The summed E-state index contributed by atoms with van der Waals surface area (Å²) in [4.78, 5) is 24.3. The molecule has 43 heavy (non-hydrogen) atoms. The van der Waals surface area contributed by atoms with E-state index >= 15 is 0 Å². The zero-order chi connectivity index (χ0) is 31.1. The molecule has 11 nitrogen and oxygen atoms in total. The van der Waals surface area contributed by atoms with Crippen molar-refractivity contribution in [2.75, 3.05) is 13.7 Å². The minimum Gasteiger partial charge on any atom is -0.458 e. The topological polar surface area (TPSA) is 161 Å². The maximum Gasteiger partial charge on any atom is 0.331 e. The number of methoxy groups -OCH3 is 1. The first-order chi connectivity index (χ1) is 20.2. The highest BCUT2D eigenvalue weighted by molar-refractivity contribution is 5.85. The molecule has 11 heteroatoms. The van der Waals surface area contributed by atoms with E-state index in [9.17, 15) is 30.0 Å². The van der Waals surface area contributed by atoms with Crippen LogP contribution in [0.25, 0.3) is 0 Å². The quantitative estimate of drug-likeness (QED) is 0.266. The van der Waals surface area contributed by atoms with E-state index in [1.54, 1.807) is 6.92 Å². The Morgan fingerprint density at radius 2 is 1.81 bits per heavy atom. The smallest absolute Gasteiger partial charge is 0.331 e. The average Bonchev–Trinajstić information content (AvgIpc) is 3.48. The van der Waals surface area contributed by atoms with Crippen LogP contribution in [0.4, 0.5) is 0 Å². The lowest BCUT2D eigenvalue weighted by molar-refractivity contribution is -0.307. The molecule has 4 fully saturated rings. The second kappa shape index (κ2) is 10.6. The van der Waals surface area contributed by atoms with Crippen molar-refractivity contribution in [1.29, 1.82) is 0 Å². The number of ether oxygens (including phenoxy) is 5. The van der Waals surface area contributed by atoms with E-state index in [2.05, 4.69) is 6.92 Å². The summed E-state index contributed by atoms with van der Waals surface area (Å²) >= 11 is 0. The molecule has 0 amide bonds. The molecule has 0 unspecified atom stereocenters. The SMILES string of the molecule is CO[C@H]1[C@@H](O)[C@@H](C)O[C@@H](O[C@@H]2C=C3[C@@H](OC(C)=O)C[C@]4(O)[C@@H](CC[C@]5(C)[C@@H](C6=CC(=O)OC6)CC[C@@]54O)[C@@]3(C)CC2)[C@@H]1O. The van der Waals surface area contributed by atoms with Crippen LogP contribution in [-0.2, 0) is 33.3 Å². The zero-order valence-electron chi connectivity index (χ0n) is 25.7. The fourth-order valence-electron chi connectivity index (χ4n) is 9.93. The van der Waals surface area contributed by atoms with Crippen LogP contribution in [0.15, 0.2) is 23.3 Å². The van der Waals surface area contributed by atoms with Crippen LogP contribution in [0.5, 0.6) is 0 Å². The second-order valence-corrected chi connectivity index (χ2v) is 14.2. The van der Waals surface area contributed by atoms with Gasteiger partial charge in [0.2, 0.25) is 0 Å². The van der Waals surface area contributed by atoms with Gasteiger partial charge in [-0.3, -0.25) is 4.79 Å². The molecule has 0 aromatic rings. The van der Waals surface area contributed by atoms with Crippen LogP contribution >= 0.6 is 0 Å². The van der Waals surface area contributed by atoms with Crippen LogP contribution in [0.2, 0.25) is 0 Å². The molecule has 6 aliphatic rings. The molecule has 0 radical (unpaired) electrons. The van der Waals surface area contributed by atoms with Crippen LogP contribution in [0, 0.1) is 22.7 Å². The lowest BCUT2D eigenvalue weighted by Gasteiger charge is -2.66. The predicted octanol–water partition coefficient (Wildman–Crippen LogP) is 1.69. The Bertz CT molecular complexity index is 1220. The van der Waals surface area contributed by atoms with E-state index in [1.165, 1.54) is 20.1 Å². The summed E-state index contributed by atoms with van der Waals surface area (Å²) in [6.45, 7) is 7.33. The van der Waals surface area contributed by atoms with Crippen molar-refractivity contribution in [3.05, 3.63) is 23.3 Å². The number of cyclic esters (lactones) is 1. The molecule has 0 spiro atoms. The number of esters is 2. The first kappa shape index (κ1) is 31.1. The third-order valence-electron chi connectivity index (χ3n) is 12.1. The maximum absolute atomic E-state index is 12.7. The van der Waals surface area contributed by atoms with Crippen LogP contribution in [0.3, 0.4) is 0 Å². The summed E-state index contributed by atoms with van der Waals surface area (Å²) < 4.78 is 28.5. The molecule has 4 aliphatic carbocycles. The Hall–Kier alpha value is -1.86. The maximum atomic E-state index is 12.7. The van der Waals surface area contributed by atoms with E-state index in [0.29, 0.717) is 38.5 Å². The highest BCUT2D eigenvalue weighted by Crippen LogP contribution is 2.71. The van der Waals surface area contributed by atoms with Crippen LogP contribution < -0.4 is 0 Å². The summed E-state index contributed by atoms with van der Waals surface area (Å²) in [6, 6.07) is 0. The molecule has 0 aromatic heterocycles. The van der Waals surface area contributed by atoms with Gasteiger partial charge in [0.15, 0.2) is 6.29 Å². The molecule has 2 heterocycles. The lowest BCUT2D eigenvalue weighted by atomic mass is 9.42. The van der Waals surface area contributed by atoms with Crippen molar-refractivity contribution >= 4 is 11.9 Å². The van der Waals surface area contributed by atoms with E-state index in [0.717, 1.165) is 11.1 Å². The molecule has 4 N–H and O–H groups in total. The van der Waals surface area contributed by atoms with Gasteiger partial charge in [-0.15, -0.1) is 0 Å². The van der Waals surface area contributed by atoms with Gasteiger partial charge in [0.05, 0.1) is 17.8 Å². The van der Waals surface area contributed by atoms with Gasteiger partial charge in [0, 0.05) is 31.9 Å². The average molecular weight is 607 g/mol. The van der Waals surface area contributed by atoms with Gasteiger partial charge in [0.25, 0.3) is 0 Å². The fraction of sp³-hybridized carbons (Fsp3) is 0.812. The van der Waals surface area contributed by atoms with Crippen molar-refractivity contribution in [3.8, 4) is 0 Å². The number of hydrogen-bond donors (Lipinski definition) is 4. The predicted molar refractivity (Wildman–Crippen MR) is 150 cm³/mol. The summed E-state index contributed by atoms with van der Waals surface area (Å²) in [5.41, 5.74) is -2.59. The van der Waals surface area contributed by atoms with Crippen molar-refractivity contribution < 1.29 is 53.7 Å². The Morgan fingerprint density at radius 3 is 2.47 bits per heavy atom. The van der Waals surface area contributed by atoms with Gasteiger partial charge in [-0.2, -0.15) is 0 Å². The first-order valence-electron chi connectivity index (χ1n) is 15.6. The van der Waals surface area contributed by atoms with Crippen LogP contribution in [0.1, 0.15) is 72.6 Å². The molecule has 6 rings (SSSR count). The molecule has 1 saturated heterocycles. The Kier molecular flexibility index (Phi) is 7.68.